The molecule has 2 aromatic carbocycles. The van der Waals surface area contributed by atoms with Crippen molar-refractivity contribution in [3.63, 3.8) is 0 Å². The smallest absolute Gasteiger partial charge is 0.407 e. The molecule has 2 aromatic rings. The van der Waals surface area contributed by atoms with Crippen molar-refractivity contribution < 1.29 is 40.8 Å². The molecule has 0 saturated carbocycles. The van der Waals surface area contributed by atoms with Crippen molar-refractivity contribution in [2.75, 3.05) is 26.0 Å². The first-order valence-corrected chi connectivity index (χ1v) is 15.8. The molecule has 0 unspecified atom stereocenters. The Morgan fingerprint density at radius 1 is 1.14 bits per heavy atom. The number of nitrogens with one attached hydrogen (secondary N) is 1. The summed E-state index contributed by atoms with van der Waals surface area (Å²) < 4.78 is 59.0. The van der Waals surface area contributed by atoms with E-state index < -0.39 is 52.2 Å². The molecule has 0 radical (unpaired) electrons. The summed E-state index contributed by atoms with van der Waals surface area (Å²) in [5, 5.41) is 2.82. The number of hydrogen-bond donors (Lipinski definition) is 1. The molecule has 5 atom stereocenters. The molecule has 1 N–H and O–H groups in total. The molecule has 2 aliphatic heterocycles. The minimum absolute atomic E-state index is 0.0360. The van der Waals surface area contributed by atoms with E-state index >= 15 is 0 Å². The third-order valence-corrected chi connectivity index (χ3v) is 7.60. The van der Waals surface area contributed by atoms with E-state index in [1.807, 2.05) is 24.3 Å². The van der Waals surface area contributed by atoms with E-state index in [1.165, 1.54) is 12.1 Å². The van der Waals surface area contributed by atoms with Gasteiger partial charge in [0, 0.05) is 13.0 Å². The highest BCUT2D eigenvalue weighted by atomic mass is 32.2. The molecular weight excluding hydrogens is 567 g/mol. The van der Waals surface area contributed by atoms with E-state index in [9.17, 15) is 22.4 Å². The van der Waals surface area contributed by atoms with Crippen molar-refractivity contribution >= 4 is 22.1 Å². The molecule has 0 spiro atoms. The van der Waals surface area contributed by atoms with Gasteiger partial charge in [-0.25, -0.2) is 9.18 Å². The van der Waals surface area contributed by atoms with Gasteiger partial charge in [0.25, 0.3) is 16.0 Å². The zero-order valence-corrected chi connectivity index (χ0v) is 25.4. The van der Waals surface area contributed by atoms with Crippen LogP contribution in [0.15, 0.2) is 48.5 Å². The number of hydrogen-bond acceptors (Lipinski definition) is 8. The maximum Gasteiger partial charge on any atom is 0.407 e. The molecule has 4 rings (SSSR count). The SMILES string of the molecule is C[C@H](COS(C)(=O)=O)O[C@H]1CO[C@@H](C(=O)N2CCc3ccccc3[C@@H]2c2ccc(F)cc2)C[C@@H]1NC(=O)OC(C)(C)C. The van der Waals surface area contributed by atoms with Crippen LogP contribution < -0.4 is 5.32 Å². The van der Waals surface area contributed by atoms with Gasteiger partial charge in [-0.05, 0) is 62.9 Å². The molecule has 0 aliphatic carbocycles. The van der Waals surface area contributed by atoms with Gasteiger partial charge in [-0.1, -0.05) is 36.4 Å². The third kappa shape index (κ3) is 8.50. The van der Waals surface area contributed by atoms with Gasteiger partial charge in [-0.15, -0.1) is 0 Å². The van der Waals surface area contributed by atoms with Gasteiger partial charge >= 0.3 is 6.09 Å². The molecule has 0 aromatic heterocycles. The highest BCUT2D eigenvalue weighted by molar-refractivity contribution is 7.85. The first-order valence-electron chi connectivity index (χ1n) is 13.9. The highest BCUT2D eigenvalue weighted by Gasteiger charge is 2.42. The third-order valence-electron chi connectivity index (χ3n) is 7.03. The number of fused-ring (bicyclic) bond motifs is 1. The monoisotopic (exact) mass is 606 g/mol. The Morgan fingerprint density at radius 2 is 1.83 bits per heavy atom. The average molecular weight is 607 g/mol. The van der Waals surface area contributed by atoms with Crippen LogP contribution in [0.4, 0.5) is 9.18 Å². The van der Waals surface area contributed by atoms with E-state index in [-0.39, 0.29) is 31.4 Å². The number of alkyl carbamates (subject to hydrolysis) is 1. The van der Waals surface area contributed by atoms with Crippen LogP contribution in [0.3, 0.4) is 0 Å². The number of rotatable bonds is 8. The molecule has 1 fully saturated rings. The minimum atomic E-state index is -3.67. The predicted molar refractivity (Wildman–Crippen MR) is 153 cm³/mol. The van der Waals surface area contributed by atoms with Crippen LogP contribution in [0.2, 0.25) is 0 Å². The lowest BCUT2D eigenvalue weighted by molar-refractivity contribution is -0.163. The molecule has 42 heavy (non-hydrogen) atoms. The number of amides is 2. The van der Waals surface area contributed by atoms with E-state index in [4.69, 9.17) is 18.4 Å². The van der Waals surface area contributed by atoms with Crippen molar-refractivity contribution in [3.8, 4) is 0 Å². The van der Waals surface area contributed by atoms with Crippen LogP contribution in [0, 0.1) is 5.82 Å². The zero-order valence-electron chi connectivity index (χ0n) is 24.5. The first kappa shape index (κ1) is 31.9. The molecule has 2 heterocycles. The normalized spacial score (nSPS) is 23.5. The largest absolute Gasteiger partial charge is 0.444 e. The van der Waals surface area contributed by atoms with Gasteiger partial charge in [-0.2, -0.15) is 8.42 Å². The molecular formula is C30H39FN2O8S. The van der Waals surface area contributed by atoms with Crippen LogP contribution in [-0.4, -0.2) is 81.3 Å². The van der Waals surface area contributed by atoms with Crippen molar-refractivity contribution in [2.45, 2.75) is 76.5 Å². The fourth-order valence-corrected chi connectivity index (χ4v) is 5.68. The number of carbonyl (C=O) groups excluding carboxylic acids is 2. The summed E-state index contributed by atoms with van der Waals surface area (Å²) >= 11 is 0. The van der Waals surface area contributed by atoms with E-state index in [2.05, 4.69) is 5.32 Å². The number of ether oxygens (including phenoxy) is 3. The van der Waals surface area contributed by atoms with Crippen LogP contribution >= 0.6 is 0 Å². The summed E-state index contributed by atoms with van der Waals surface area (Å²) in [6.45, 7) is 7.05. The van der Waals surface area contributed by atoms with Crippen molar-refractivity contribution in [3.05, 3.63) is 71.0 Å². The topological polar surface area (TPSA) is 120 Å². The molecule has 0 bridgehead atoms. The van der Waals surface area contributed by atoms with Crippen LogP contribution in [-0.2, 0) is 39.7 Å². The standard InChI is InChI=1S/C30H39FN2O8S/c1-19(17-39-42(5,36)37)40-26-18-38-25(16-24(26)32-29(35)41-30(2,3)4)28(34)33-15-14-20-8-6-7-9-23(20)27(33)21-10-12-22(31)13-11-21/h6-13,19,24-27H,14-18H2,1-5H3,(H,32,35)/t19-,24+,25-,26+,27+/m1/s1. The van der Waals surface area contributed by atoms with Gasteiger partial charge in [0.2, 0.25) is 0 Å². The summed E-state index contributed by atoms with van der Waals surface area (Å²) in [5.74, 6) is -0.628. The zero-order chi connectivity index (χ0) is 30.7. The number of halogens is 1. The van der Waals surface area contributed by atoms with E-state index in [0.29, 0.717) is 13.0 Å². The second-order valence-corrected chi connectivity index (χ2v) is 13.4. The van der Waals surface area contributed by atoms with Crippen LogP contribution in [0.1, 0.15) is 56.8 Å². The van der Waals surface area contributed by atoms with Crippen LogP contribution in [0.5, 0.6) is 0 Å². The fraction of sp³-hybridized carbons (Fsp3) is 0.533. The van der Waals surface area contributed by atoms with Crippen molar-refractivity contribution in [1.29, 1.82) is 0 Å². The van der Waals surface area contributed by atoms with Gasteiger partial charge in [-0.3, -0.25) is 8.98 Å². The Bertz CT molecular complexity index is 1360. The molecule has 12 heteroatoms. The average Bonchev–Trinajstić information content (AvgIpc) is 2.91. The Hall–Kier alpha value is -3.06. The molecule has 2 aliphatic rings. The van der Waals surface area contributed by atoms with Crippen molar-refractivity contribution in [2.24, 2.45) is 0 Å². The molecule has 230 valence electrons. The number of carbonyl (C=O) groups is 2. The van der Waals surface area contributed by atoms with Crippen molar-refractivity contribution in [1.82, 2.24) is 10.2 Å². The summed E-state index contributed by atoms with van der Waals surface area (Å²) in [5.41, 5.74) is 2.10. The molecule has 2 amide bonds. The molecule has 10 nitrogen and oxygen atoms in total. The Kier molecular flexibility index (Phi) is 9.92. The van der Waals surface area contributed by atoms with Crippen LogP contribution in [0.25, 0.3) is 0 Å². The lowest BCUT2D eigenvalue weighted by atomic mass is 9.87. The van der Waals surface area contributed by atoms with Gasteiger partial charge in [0.05, 0.1) is 37.7 Å². The second-order valence-electron chi connectivity index (χ2n) is 11.7. The maximum atomic E-state index is 14.1. The maximum absolute atomic E-state index is 14.1. The summed E-state index contributed by atoms with van der Waals surface area (Å²) in [7, 11) is -3.67. The summed E-state index contributed by atoms with van der Waals surface area (Å²) in [4.78, 5) is 28.6. The lowest BCUT2D eigenvalue weighted by Gasteiger charge is -2.42. The van der Waals surface area contributed by atoms with E-state index in [0.717, 1.165) is 22.9 Å². The minimum Gasteiger partial charge on any atom is -0.444 e. The van der Waals surface area contributed by atoms with Gasteiger partial charge in [0.15, 0.2) is 0 Å². The number of nitrogens with zero attached hydrogens (tertiary/aromatic N) is 1. The Labute approximate surface area is 246 Å². The summed E-state index contributed by atoms with van der Waals surface area (Å²) in [6, 6.07) is 12.9. The second kappa shape index (κ2) is 13.1. The Balaban J connectivity index is 1.55. The Morgan fingerprint density at radius 3 is 2.50 bits per heavy atom. The van der Waals surface area contributed by atoms with E-state index in [1.54, 1.807) is 44.7 Å². The van der Waals surface area contributed by atoms with Gasteiger partial charge < -0.3 is 24.4 Å². The van der Waals surface area contributed by atoms with Gasteiger partial charge in [0.1, 0.15) is 23.6 Å². The predicted octanol–water partition coefficient (Wildman–Crippen LogP) is 3.73. The fourth-order valence-electron chi connectivity index (χ4n) is 5.25. The summed E-state index contributed by atoms with van der Waals surface area (Å²) in [6.07, 6.45) is -1.23. The highest BCUT2D eigenvalue weighted by Crippen LogP contribution is 2.36. The first-order chi connectivity index (χ1) is 19.7. The molecule has 1 saturated heterocycles. The lowest BCUT2D eigenvalue weighted by Crippen LogP contribution is -2.57. The quantitative estimate of drug-likeness (QED) is 0.452. The number of benzene rings is 2.